The first-order valence-electron chi connectivity index (χ1n) is 4.94. The third kappa shape index (κ3) is 4.07. The van der Waals surface area contributed by atoms with Crippen LogP contribution in [0.25, 0.3) is 0 Å². The van der Waals surface area contributed by atoms with Gasteiger partial charge in [-0.1, -0.05) is 0 Å². The summed E-state index contributed by atoms with van der Waals surface area (Å²) in [5.41, 5.74) is 5.50. The first kappa shape index (κ1) is 11.6. The molecule has 0 aliphatic carbocycles. The van der Waals surface area contributed by atoms with Crippen LogP contribution in [0.2, 0.25) is 0 Å². The van der Waals surface area contributed by atoms with Gasteiger partial charge in [-0.25, -0.2) is 0 Å². The molecule has 84 valence electrons. The van der Waals surface area contributed by atoms with Crippen molar-refractivity contribution in [2.45, 2.75) is 25.8 Å². The van der Waals surface area contributed by atoms with Gasteiger partial charge in [0.05, 0.1) is 0 Å². The Balaban J connectivity index is 2.22. The summed E-state index contributed by atoms with van der Waals surface area (Å²) in [6.45, 7) is 2.38. The molecular weight excluding hydrogens is 194 g/mol. The molecule has 1 amide bonds. The number of rotatable bonds is 5. The molecular formula is C9H17N5O. The minimum atomic E-state index is -0.0974. The van der Waals surface area contributed by atoms with Gasteiger partial charge < -0.3 is 15.6 Å². The van der Waals surface area contributed by atoms with Crippen LogP contribution >= 0.6 is 0 Å². The van der Waals surface area contributed by atoms with E-state index in [1.165, 1.54) is 0 Å². The van der Waals surface area contributed by atoms with E-state index in [2.05, 4.69) is 15.5 Å². The van der Waals surface area contributed by atoms with Gasteiger partial charge in [0.15, 0.2) is 0 Å². The zero-order chi connectivity index (χ0) is 11.3. The quantitative estimate of drug-likeness (QED) is 0.668. The van der Waals surface area contributed by atoms with Crippen LogP contribution in [0, 0.1) is 0 Å². The first-order chi connectivity index (χ1) is 7.09. The third-order valence-corrected chi connectivity index (χ3v) is 1.98. The number of aryl methyl sites for hydroxylation is 1. The van der Waals surface area contributed by atoms with E-state index >= 15 is 0 Å². The number of aromatic nitrogens is 3. The maximum Gasteiger partial charge on any atom is 0.221 e. The van der Waals surface area contributed by atoms with Gasteiger partial charge in [-0.2, -0.15) is 0 Å². The van der Waals surface area contributed by atoms with Gasteiger partial charge in [-0.05, 0) is 6.92 Å². The molecule has 0 fully saturated rings. The summed E-state index contributed by atoms with van der Waals surface area (Å²) in [5.74, 6) is 0.836. The molecule has 15 heavy (non-hydrogen) atoms. The number of hydrogen-bond acceptors (Lipinski definition) is 4. The number of nitrogens with zero attached hydrogens (tertiary/aromatic N) is 3. The molecule has 0 saturated carbocycles. The van der Waals surface area contributed by atoms with Crippen LogP contribution < -0.4 is 11.1 Å². The number of hydrogen-bond donors (Lipinski definition) is 2. The van der Waals surface area contributed by atoms with E-state index in [1.54, 1.807) is 6.33 Å². The standard InChI is InChI=1S/C9H17N5O/c1-7(10)5-9(15)11-4-3-8-13-12-6-14(8)2/h6-7H,3-5,10H2,1-2H3,(H,11,15). The normalized spacial score (nSPS) is 12.5. The Morgan fingerprint density at radius 1 is 1.73 bits per heavy atom. The van der Waals surface area contributed by atoms with Crippen molar-refractivity contribution in [3.8, 4) is 0 Å². The van der Waals surface area contributed by atoms with E-state index in [-0.39, 0.29) is 11.9 Å². The van der Waals surface area contributed by atoms with Gasteiger partial charge in [0.2, 0.25) is 5.91 Å². The van der Waals surface area contributed by atoms with Crippen LogP contribution in [0.15, 0.2) is 6.33 Å². The fourth-order valence-corrected chi connectivity index (χ4v) is 1.21. The number of carbonyl (C=O) groups excluding carboxylic acids is 1. The monoisotopic (exact) mass is 211 g/mol. The molecule has 1 aromatic heterocycles. The molecule has 1 atom stereocenters. The van der Waals surface area contributed by atoms with Crippen LogP contribution in [0.4, 0.5) is 0 Å². The fourth-order valence-electron chi connectivity index (χ4n) is 1.21. The summed E-state index contributed by atoms with van der Waals surface area (Å²) in [6, 6.07) is -0.0974. The lowest BCUT2D eigenvalue weighted by molar-refractivity contribution is -0.121. The minimum Gasteiger partial charge on any atom is -0.356 e. The maximum absolute atomic E-state index is 11.2. The summed E-state index contributed by atoms with van der Waals surface area (Å²) in [6.07, 6.45) is 2.68. The summed E-state index contributed by atoms with van der Waals surface area (Å²) in [7, 11) is 1.87. The molecule has 0 spiro atoms. The van der Waals surface area contributed by atoms with E-state index in [0.717, 1.165) is 5.82 Å². The Bertz CT molecular complexity index is 320. The predicted octanol–water partition coefficient (Wildman–Crippen LogP) is -0.789. The van der Waals surface area contributed by atoms with Crippen LogP contribution in [0.5, 0.6) is 0 Å². The van der Waals surface area contributed by atoms with E-state index in [0.29, 0.717) is 19.4 Å². The lowest BCUT2D eigenvalue weighted by atomic mass is 10.2. The predicted molar refractivity (Wildman–Crippen MR) is 56.0 cm³/mol. The van der Waals surface area contributed by atoms with Crippen LogP contribution in [0.3, 0.4) is 0 Å². The zero-order valence-electron chi connectivity index (χ0n) is 9.10. The molecule has 0 aliphatic rings. The number of nitrogens with one attached hydrogen (secondary N) is 1. The number of carbonyl (C=O) groups is 1. The molecule has 0 radical (unpaired) electrons. The van der Waals surface area contributed by atoms with Crippen molar-refractivity contribution in [2.24, 2.45) is 12.8 Å². The molecule has 3 N–H and O–H groups in total. The molecule has 6 nitrogen and oxygen atoms in total. The van der Waals surface area contributed by atoms with Crippen LogP contribution in [-0.2, 0) is 18.3 Å². The van der Waals surface area contributed by atoms with E-state index in [9.17, 15) is 4.79 Å². The second-order valence-electron chi connectivity index (χ2n) is 3.64. The molecule has 1 rings (SSSR count). The van der Waals surface area contributed by atoms with Crippen molar-refractivity contribution in [3.05, 3.63) is 12.2 Å². The second kappa shape index (κ2) is 5.45. The average Bonchev–Trinajstić information content (AvgIpc) is 2.50. The van der Waals surface area contributed by atoms with Crippen molar-refractivity contribution >= 4 is 5.91 Å². The SMILES string of the molecule is CC(N)CC(=O)NCCc1nncn1C. The number of amides is 1. The largest absolute Gasteiger partial charge is 0.356 e. The van der Waals surface area contributed by atoms with Crippen molar-refractivity contribution in [3.63, 3.8) is 0 Å². The smallest absolute Gasteiger partial charge is 0.221 e. The molecule has 0 aliphatic heterocycles. The van der Waals surface area contributed by atoms with Crippen molar-refractivity contribution in [1.29, 1.82) is 0 Å². The summed E-state index contributed by atoms with van der Waals surface area (Å²) < 4.78 is 1.83. The van der Waals surface area contributed by atoms with Crippen LogP contribution in [-0.4, -0.2) is 33.3 Å². The summed E-state index contributed by atoms with van der Waals surface area (Å²) in [4.78, 5) is 11.2. The lowest BCUT2D eigenvalue weighted by Gasteiger charge is -2.06. The Labute approximate surface area is 88.9 Å². The summed E-state index contributed by atoms with van der Waals surface area (Å²) in [5, 5.41) is 10.4. The Kier molecular flexibility index (Phi) is 4.23. The van der Waals surface area contributed by atoms with E-state index < -0.39 is 0 Å². The topological polar surface area (TPSA) is 85.8 Å². The highest BCUT2D eigenvalue weighted by atomic mass is 16.1. The van der Waals surface area contributed by atoms with Crippen molar-refractivity contribution in [2.75, 3.05) is 6.54 Å². The Hall–Kier alpha value is -1.43. The average molecular weight is 211 g/mol. The van der Waals surface area contributed by atoms with Gasteiger partial charge in [0, 0.05) is 32.5 Å². The van der Waals surface area contributed by atoms with Gasteiger partial charge >= 0.3 is 0 Å². The van der Waals surface area contributed by atoms with Crippen LogP contribution in [0.1, 0.15) is 19.2 Å². The zero-order valence-corrected chi connectivity index (χ0v) is 9.10. The molecule has 0 bridgehead atoms. The minimum absolute atomic E-state index is 0.0211. The van der Waals surface area contributed by atoms with E-state index in [4.69, 9.17) is 5.73 Å². The highest BCUT2D eigenvalue weighted by Crippen LogP contribution is 1.92. The number of nitrogens with two attached hydrogens (primary N) is 1. The molecule has 1 unspecified atom stereocenters. The molecule has 6 heteroatoms. The van der Waals surface area contributed by atoms with Gasteiger partial charge in [0.25, 0.3) is 0 Å². The van der Waals surface area contributed by atoms with Crippen molar-refractivity contribution in [1.82, 2.24) is 20.1 Å². The third-order valence-electron chi connectivity index (χ3n) is 1.98. The molecule has 1 aromatic rings. The molecule has 0 aromatic carbocycles. The van der Waals surface area contributed by atoms with E-state index in [1.807, 2.05) is 18.5 Å². The molecule has 0 saturated heterocycles. The van der Waals surface area contributed by atoms with Gasteiger partial charge in [-0.15, -0.1) is 10.2 Å². The second-order valence-corrected chi connectivity index (χ2v) is 3.64. The maximum atomic E-state index is 11.2. The Morgan fingerprint density at radius 2 is 2.47 bits per heavy atom. The highest BCUT2D eigenvalue weighted by Gasteiger charge is 2.05. The fraction of sp³-hybridized carbons (Fsp3) is 0.667. The summed E-state index contributed by atoms with van der Waals surface area (Å²) >= 11 is 0. The van der Waals surface area contributed by atoms with Crippen molar-refractivity contribution < 1.29 is 4.79 Å². The lowest BCUT2D eigenvalue weighted by Crippen LogP contribution is -2.31. The van der Waals surface area contributed by atoms with Gasteiger partial charge in [-0.3, -0.25) is 4.79 Å². The highest BCUT2D eigenvalue weighted by molar-refractivity contribution is 5.76. The Morgan fingerprint density at radius 3 is 3.00 bits per heavy atom. The van der Waals surface area contributed by atoms with Gasteiger partial charge in [0.1, 0.15) is 12.2 Å². The first-order valence-corrected chi connectivity index (χ1v) is 4.94. The molecule has 1 heterocycles.